The van der Waals surface area contributed by atoms with Gasteiger partial charge in [-0.15, -0.1) is 0 Å². The van der Waals surface area contributed by atoms with Crippen LogP contribution in [-0.4, -0.2) is 33.8 Å². The van der Waals surface area contributed by atoms with Crippen molar-refractivity contribution in [1.29, 1.82) is 0 Å². The van der Waals surface area contributed by atoms with E-state index in [0.29, 0.717) is 28.1 Å². The average Bonchev–Trinajstić information content (AvgIpc) is 3.30. The summed E-state index contributed by atoms with van der Waals surface area (Å²) in [7, 11) is 1.43. The van der Waals surface area contributed by atoms with Crippen LogP contribution < -0.4 is 10.6 Å². The number of carbonyl (C=O) groups excluding carboxylic acids is 2. The van der Waals surface area contributed by atoms with Gasteiger partial charge in [0.25, 0.3) is 11.8 Å². The zero-order chi connectivity index (χ0) is 26.2. The second kappa shape index (κ2) is 9.40. The number of carbonyl (C=O) groups is 2. The number of aromatic nitrogens is 3. The molecule has 4 rings (SSSR count). The number of imidazole rings is 1. The molecule has 36 heavy (non-hydrogen) atoms. The summed E-state index contributed by atoms with van der Waals surface area (Å²) >= 11 is 0. The smallest absolute Gasteiger partial charge is 0.352 e. The summed E-state index contributed by atoms with van der Waals surface area (Å²) in [5, 5.41) is 5.05. The van der Waals surface area contributed by atoms with Gasteiger partial charge in [-0.2, -0.15) is 13.2 Å². The van der Waals surface area contributed by atoms with Crippen molar-refractivity contribution >= 4 is 22.8 Å². The van der Waals surface area contributed by atoms with E-state index in [0.717, 1.165) is 12.1 Å². The molecule has 0 fully saturated rings. The van der Waals surface area contributed by atoms with Crippen molar-refractivity contribution in [2.45, 2.75) is 26.6 Å². The molecular formula is C25H21F4N5O2. The molecule has 7 nitrogen and oxygen atoms in total. The second-order valence-electron chi connectivity index (χ2n) is 8.15. The zero-order valence-electron chi connectivity index (χ0n) is 19.5. The van der Waals surface area contributed by atoms with E-state index in [9.17, 15) is 27.2 Å². The molecule has 0 aliphatic heterocycles. The third-order valence-electron chi connectivity index (χ3n) is 5.65. The van der Waals surface area contributed by atoms with E-state index in [1.807, 2.05) is 0 Å². The first kappa shape index (κ1) is 24.8. The van der Waals surface area contributed by atoms with Crippen LogP contribution in [0.5, 0.6) is 0 Å². The van der Waals surface area contributed by atoms with Gasteiger partial charge in [-0.25, -0.2) is 9.37 Å². The number of fused-ring (bicyclic) bond motifs is 1. The predicted molar refractivity (Wildman–Crippen MR) is 125 cm³/mol. The van der Waals surface area contributed by atoms with Crippen molar-refractivity contribution in [2.24, 2.45) is 0 Å². The number of amides is 2. The molecule has 0 atom stereocenters. The number of aromatic amines is 1. The maximum Gasteiger partial charge on any atom is 0.416 e. The molecule has 0 saturated carbocycles. The molecule has 0 aliphatic carbocycles. The topological polar surface area (TPSA) is 99.8 Å². The SMILES string of the molecule is CNC(=O)c1nc2c(F)ccc(-c3nc(C)c(C(=O)NCc4cccc(C(F)(F)F)c4)cc3C)c2[nH]1. The van der Waals surface area contributed by atoms with Gasteiger partial charge in [0, 0.05) is 19.2 Å². The van der Waals surface area contributed by atoms with Gasteiger partial charge in [-0.1, -0.05) is 12.1 Å². The van der Waals surface area contributed by atoms with Gasteiger partial charge in [-0.3, -0.25) is 14.6 Å². The van der Waals surface area contributed by atoms with E-state index in [2.05, 4.69) is 25.6 Å². The minimum atomic E-state index is -4.48. The number of nitrogens with one attached hydrogen (secondary N) is 3. The normalized spacial score (nSPS) is 11.5. The van der Waals surface area contributed by atoms with Gasteiger partial charge in [-0.05, 0) is 55.3 Å². The first-order chi connectivity index (χ1) is 17.0. The molecular weight excluding hydrogens is 478 g/mol. The molecule has 0 bridgehead atoms. The Labute approximate surface area is 203 Å². The number of halogens is 4. The summed E-state index contributed by atoms with van der Waals surface area (Å²) < 4.78 is 53.2. The summed E-state index contributed by atoms with van der Waals surface area (Å²) in [6.45, 7) is 3.24. The Kier molecular flexibility index (Phi) is 6.49. The number of pyridine rings is 1. The Morgan fingerprint density at radius 3 is 2.47 bits per heavy atom. The molecule has 11 heteroatoms. The van der Waals surface area contributed by atoms with Crippen molar-refractivity contribution in [3.05, 3.63) is 82.1 Å². The van der Waals surface area contributed by atoms with Gasteiger partial charge < -0.3 is 15.6 Å². The van der Waals surface area contributed by atoms with Crippen molar-refractivity contribution < 1.29 is 27.2 Å². The van der Waals surface area contributed by atoms with Crippen LogP contribution in [0.2, 0.25) is 0 Å². The molecule has 0 saturated heterocycles. The predicted octanol–water partition coefficient (Wildman–Crippen LogP) is 4.69. The van der Waals surface area contributed by atoms with E-state index in [4.69, 9.17) is 0 Å². The second-order valence-corrected chi connectivity index (χ2v) is 8.15. The quantitative estimate of drug-likeness (QED) is 0.347. The number of hydrogen-bond donors (Lipinski definition) is 3. The highest BCUT2D eigenvalue weighted by Crippen LogP contribution is 2.31. The van der Waals surface area contributed by atoms with Gasteiger partial charge in [0.1, 0.15) is 5.52 Å². The van der Waals surface area contributed by atoms with Crippen LogP contribution in [-0.2, 0) is 12.7 Å². The van der Waals surface area contributed by atoms with Gasteiger partial charge in [0.15, 0.2) is 11.6 Å². The highest BCUT2D eigenvalue weighted by molar-refractivity contribution is 5.99. The van der Waals surface area contributed by atoms with Crippen LogP contribution in [0.1, 0.15) is 43.4 Å². The Morgan fingerprint density at radius 2 is 1.78 bits per heavy atom. The fraction of sp³-hybridized carbons (Fsp3) is 0.200. The Bertz CT molecular complexity index is 1490. The Hall–Kier alpha value is -4.28. The van der Waals surface area contributed by atoms with E-state index in [1.165, 1.54) is 31.3 Å². The lowest BCUT2D eigenvalue weighted by molar-refractivity contribution is -0.137. The maximum atomic E-state index is 14.4. The third-order valence-corrected chi connectivity index (χ3v) is 5.65. The molecule has 2 aromatic carbocycles. The summed E-state index contributed by atoms with van der Waals surface area (Å²) in [5.41, 5.74) is 1.92. The highest BCUT2D eigenvalue weighted by atomic mass is 19.4. The fourth-order valence-corrected chi connectivity index (χ4v) is 3.83. The van der Waals surface area contributed by atoms with Crippen LogP contribution in [0.3, 0.4) is 0 Å². The number of nitrogens with zero attached hydrogens (tertiary/aromatic N) is 2. The lowest BCUT2D eigenvalue weighted by Gasteiger charge is -2.13. The maximum absolute atomic E-state index is 14.4. The molecule has 2 heterocycles. The van der Waals surface area contributed by atoms with Gasteiger partial charge in [0.2, 0.25) is 0 Å². The first-order valence-electron chi connectivity index (χ1n) is 10.8. The molecule has 4 aromatic rings. The molecule has 0 aliphatic rings. The summed E-state index contributed by atoms with van der Waals surface area (Å²) in [6.07, 6.45) is -4.48. The number of benzene rings is 2. The van der Waals surface area contributed by atoms with Crippen LogP contribution >= 0.6 is 0 Å². The lowest BCUT2D eigenvalue weighted by atomic mass is 10.0. The van der Waals surface area contributed by atoms with E-state index in [-0.39, 0.29) is 29.0 Å². The molecule has 186 valence electrons. The van der Waals surface area contributed by atoms with Crippen LogP contribution in [0.25, 0.3) is 22.3 Å². The third kappa shape index (κ3) is 4.77. The first-order valence-corrected chi connectivity index (χ1v) is 10.8. The van der Waals surface area contributed by atoms with Crippen LogP contribution in [0.15, 0.2) is 42.5 Å². The molecule has 3 N–H and O–H groups in total. The summed E-state index contributed by atoms with van der Waals surface area (Å²) in [6, 6.07) is 9.05. The van der Waals surface area contributed by atoms with Gasteiger partial charge >= 0.3 is 6.18 Å². The van der Waals surface area contributed by atoms with E-state index < -0.39 is 29.4 Å². The van der Waals surface area contributed by atoms with Crippen molar-refractivity contribution in [1.82, 2.24) is 25.6 Å². The summed E-state index contributed by atoms with van der Waals surface area (Å²) in [5.74, 6) is -1.68. The highest BCUT2D eigenvalue weighted by Gasteiger charge is 2.30. The molecule has 2 amide bonds. The average molecular weight is 499 g/mol. The molecule has 0 unspecified atom stereocenters. The van der Waals surface area contributed by atoms with Crippen molar-refractivity contribution in [2.75, 3.05) is 7.05 Å². The zero-order valence-corrected chi connectivity index (χ0v) is 19.5. The minimum Gasteiger partial charge on any atom is -0.352 e. The van der Waals surface area contributed by atoms with Crippen molar-refractivity contribution in [3.63, 3.8) is 0 Å². The Balaban J connectivity index is 1.63. The number of H-pyrrole nitrogens is 1. The molecule has 0 spiro atoms. The van der Waals surface area contributed by atoms with Crippen LogP contribution in [0, 0.1) is 19.7 Å². The fourth-order valence-electron chi connectivity index (χ4n) is 3.83. The number of aryl methyl sites for hydroxylation is 2. The number of rotatable bonds is 5. The van der Waals surface area contributed by atoms with Gasteiger partial charge in [0.05, 0.1) is 28.0 Å². The standard InChI is InChI=1S/C25H21F4N5O2/c1-12-9-17(23(35)31-11-14-5-4-6-15(10-14)25(27,28)29)13(2)32-19(12)16-7-8-18(26)21-20(16)33-22(34-21)24(36)30-3/h4-10H,11H2,1-3H3,(H,30,36)(H,31,35)(H,33,34). The number of hydrogen-bond acceptors (Lipinski definition) is 4. The summed E-state index contributed by atoms with van der Waals surface area (Å²) in [4.78, 5) is 36.2. The monoisotopic (exact) mass is 499 g/mol. The van der Waals surface area contributed by atoms with E-state index in [1.54, 1.807) is 19.9 Å². The van der Waals surface area contributed by atoms with E-state index >= 15 is 0 Å². The van der Waals surface area contributed by atoms with Crippen LogP contribution in [0.4, 0.5) is 17.6 Å². The number of alkyl halides is 3. The molecule has 2 aromatic heterocycles. The van der Waals surface area contributed by atoms with Crippen molar-refractivity contribution in [3.8, 4) is 11.3 Å². The minimum absolute atomic E-state index is 0.0205. The largest absolute Gasteiger partial charge is 0.416 e. The Morgan fingerprint density at radius 1 is 1.03 bits per heavy atom. The lowest BCUT2D eigenvalue weighted by Crippen LogP contribution is -2.24. The molecule has 0 radical (unpaired) electrons.